The fourth-order valence-corrected chi connectivity index (χ4v) is 5.40. The summed E-state index contributed by atoms with van der Waals surface area (Å²) in [4.78, 5) is 17.5. The molecule has 1 heterocycles. The average molecular weight is 565 g/mol. The summed E-state index contributed by atoms with van der Waals surface area (Å²) >= 11 is 0. The molecule has 2 fully saturated rings. The number of hydrogen-bond donors (Lipinski definition) is 2. The second-order valence-corrected chi connectivity index (χ2v) is 12.0. The molecule has 1 saturated heterocycles. The molecule has 2 amide bonds. The van der Waals surface area contributed by atoms with Crippen LogP contribution in [0.3, 0.4) is 0 Å². The molecule has 0 atom stereocenters. The summed E-state index contributed by atoms with van der Waals surface area (Å²) in [5.41, 5.74) is 1.73. The Bertz CT molecular complexity index is 1120. The molecule has 1 aliphatic heterocycles. The molecule has 2 aromatic rings. The second kappa shape index (κ2) is 14.1. The minimum absolute atomic E-state index is 0. The lowest BCUT2D eigenvalue weighted by molar-refractivity contribution is 0.112. The molecule has 0 unspecified atom stereocenters. The summed E-state index contributed by atoms with van der Waals surface area (Å²) in [6.07, 6.45) is 8.74. The molecule has 1 aliphatic carbocycles. The number of sulfonamides is 1. The van der Waals surface area contributed by atoms with Crippen LogP contribution in [0.2, 0.25) is 0 Å². The lowest BCUT2D eigenvalue weighted by Crippen LogP contribution is -2.53. The van der Waals surface area contributed by atoms with Crippen molar-refractivity contribution in [2.45, 2.75) is 70.5 Å². The number of hydrogen-bond acceptors (Lipinski definition) is 5. The highest BCUT2D eigenvalue weighted by molar-refractivity contribution is 7.92. The summed E-state index contributed by atoms with van der Waals surface area (Å²) < 4.78 is 31.0. The van der Waals surface area contributed by atoms with E-state index in [1.807, 2.05) is 12.1 Å². The Morgan fingerprint density at radius 3 is 2.13 bits per heavy atom. The lowest BCUT2D eigenvalue weighted by Gasteiger charge is -2.40. The maximum Gasteiger partial charge on any atom is 0.317 e. The number of carbonyl (C=O) groups is 1. The molecule has 0 bridgehead atoms. The number of urea groups is 1. The number of benzene rings is 2. The van der Waals surface area contributed by atoms with E-state index in [0.29, 0.717) is 23.5 Å². The van der Waals surface area contributed by atoms with Crippen molar-refractivity contribution >= 4 is 34.1 Å². The maximum atomic E-state index is 12.9. The molecular weight excluding hydrogens is 524 g/mol. The summed E-state index contributed by atoms with van der Waals surface area (Å²) in [5.74, 6) is 1.37. The predicted octanol–water partition coefficient (Wildman–Crippen LogP) is 5.60. The molecule has 38 heavy (non-hydrogen) atoms. The number of anilines is 1. The standard InChI is InChI=1S/C28H40N4O4S.ClH/c1-3-4-18-32(28(33)29-23-6-5-7-23)25-16-19-31(20-17-25)21-22-8-12-26(13-9-22)36-27-14-10-24(11-15-27)30-37(2,34)35;/h8-15,23,25,30H,3-7,16-21H2,1-2H3,(H,29,33);1H. The highest BCUT2D eigenvalue weighted by Gasteiger charge is 2.29. The molecular formula is C28H41ClN4O4S. The van der Waals surface area contributed by atoms with Gasteiger partial charge in [-0.3, -0.25) is 9.62 Å². The van der Waals surface area contributed by atoms with Gasteiger partial charge in [0.2, 0.25) is 10.0 Å². The van der Waals surface area contributed by atoms with E-state index in [0.717, 1.165) is 76.7 Å². The van der Waals surface area contributed by atoms with Gasteiger partial charge in [0, 0.05) is 44.0 Å². The number of rotatable bonds is 11. The molecule has 2 N–H and O–H groups in total. The van der Waals surface area contributed by atoms with E-state index in [2.05, 4.69) is 38.9 Å². The van der Waals surface area contributed by atoms with Gasteiger partial charge in [0.15, 0.2) is 0 Å². The Morgan fingerprint density at radius 2 is 1.61 bits per heavy atom. The van der Waals surface area contributed by atoms with Crippen molar-refractivity contribution in [1.82, 2.24) is 15.1 Å². The first-order chi connectivity index (χ1) is 17.8. The number of ether oxygens (including phenoxy) is 1. The quantitative estimate of drug-likeness (QED) is 0.371. The van der Waals surface area contributed by atoms with E-state index in [1.165, 1.54) is 12.0 Å². The average Bonchev–Trinajstić information content (AvgIpc) is 2.84. The van der Waals surface area contributed by atoms with Crippen LogP contribution in [0.4, 0.5) is 10.5 Å². The van der Waals surface area contributed by atoms with Crippen molar-refractivity contribution in [3.63, 3.8) is 0 Å². The van der Waals surface area contributed by atoms with Crippen molar-refractivity contribution in [1.29, 1.82) is 0 Å². The van der Waals surface area contributed by atoms with Crippen molar-refractivity contribution in [3.8, 4) is 11.5 Å². The SMILES string of the molecule is CCCCN(C(=O)NC1CCC1)C1CCN(Cc2ccc(Oc3ccc(NS(C)(=O)=O)cc3)cc2)CC1.Cl. The fraction of sp³-hybridized carbons (Fsp3) is 0.536. The van der Waals surface area contributed by atoms with Gasteiger partial charge >= 0.3 is 6.03 Å². The monoisotopic (exact) mass is 564 g/mol. The van der Waals surface area contributed by atoms with E-state index in [1.54, 1.807) is 24.3 Å². The molecule has 2 aromatic carbocycles. The number of likely N-dealkylation sites (tertiary alicyclic amines) is 1. The molecule has 10 heteroatoms. The Morgan fingerprint density at radius 1 is 1.00 bits per heavy atom. The zero-order chi connectivity index (χ0) is 26.3. The molecule has 1 saturated carbocycles. The van der Waals surface area contributed by atoms with Crippen LogP contribution in [-0.2, 0) is 16.6 Å². The predicted molar refractivity (Wildman–Crippen MR) is 155 cm³/mol. The fourth-order valence-electron chi connectivity index (χ4n) is 4.84. The first-order valence-corrected chi connectivity index (χ1v) is 15.3. The summed E-state index contributed by atoms with van der Waals surface area (Å²) in [6, 6.07) is 15.7. The van der Waals surface area contributed by atoms with Gasteiger partial charge in [-0.15, -0.1) is 12.4 Å². The zero-order valence-corrected chi connectivity index (χ0v) is 24.0. The molecule has 0 radical (unpaired) electrons. The Hall–Kier alpha value is -2.49. The zero-order valence-electron chi connectivity index (χ0n) is 22.4. The number of nitrogens with one attached hydrogen (secondary N) is 2. The van der Waals surface area contributed by atoms with Crippen LogP contribution < -0.4 is 14.8 Å². The van der Waals surface area contributed by atoms with Crippen molar-refractivity contribution < 1.29 is 17.9 Å². The lowest BCUT2D eigenvalue weighted by atomic mass is 9.93. The highest BCUT2D eigenvalue weighted by atomic mass is 35.5. The maximum absolute atomic E-state index is 12.9. The molecule has 0 aromatic heterocycles. The van der Waals surface area contributed by atoms with Gasteiger partial charge in [-0.2, -0.15) is 0 Å². The topological polar surface area (TPSA) is 91.0 Å². The number of halogens is 1. The van der Waals surface area contributed by atoms with Crippen molar-refractivity contribution in [2.75, 3.05) is 30.6 Å². The van der Waals surface area contributed by atoms with Gasteiger partial charge in [-0.05, 0) is 80.5 Å². The van der Waals surface area contributed by atoms with Crippen LogP contribution in [0.5, 0.6) is 11.5 Å². The molecule has 210 valence electrons. The van der Waals surface area contributed by atoms with Crippen LogP contribution in [0, 0.1) is 0 Å². The summed E-state index contributed by atoms with van der Waals surface area (Å²) in [6.45, 7) is 5.86. The van der Waals surface area contributed by atoms with Crippen molar-refractivity contribution in [2.24, 2.45) is 0 Å². The van der Waals surface area contributed by atoms with Gasteiger partial charge in [0.25, 0.3) is 0 Å². The Balaban J connectivity index is 0.00000400. The van der Waals surface area contributed by atoms with Crippen molar-refractivity contribution in [3.05, 3.63) is 54.1 Å². The third-order valence-electron chi connectivity index (χ3n) is 7.17. The largest absolute Gasteiger partial charge is 0.457 e. The van der Waals surface area contributed by atoms with Gasteiger partial charge in [0.1, 0.15) is 11.5 Å². The third-order valence-corrected chi connectivity index (χ3v) is 7.77. The van der Waals surface area contributed by atoms with E-state index < -0.39 is 10.0 Å². The van der Waals surface area contributed by atoms with E-state index in [4.69, 9.17) is 4.74 Å². The molecule has 4 rings (SSSR count). The third kappa shape index (κ3) is 9.06. The van der Waals surface area contributed by atoms with Crippen LogP contribution in [-0.4, -0.2) is 62.2 Å². The first kappa shape index (κ1) is 30.1. The Labute approximate surface area is 233 Å². The normalized spacial score (nSPS) is 16.7. The Kier molecular flexibility index (Phi) is 11.1. The number of piperidine rings is 1. The summed E-state index contributed by atoms with van der Waals surface area (Å²) in [5, 5.41) is 3.24. The van der Waals surface area contributed by atoms with E-state index in [9.17, 15) is 13.2 Å². The smallest absolute Gasteiger partial charge is 0.317 e. The number of carbonyl (C=O) groups excluding carboxylic acids is 1. The van der Waals surface area contributed by atoms with E-state index >= 15 is 0 Å². The summed E-state index contributed by atoms with van der Waals surface area (Å²) in [7, 11) is -3.30. The van der Waals surface area contributed by atoms with Gasteiger partial charge < -0.3 is 15.0 Å². The van der Waals surface area contributed by atoms with Crippen LogP contribution in [0.1, 0.15) is 57.4 Å². The first-order valence-electron chi connectivity index (χ1n) is 13.4. The van der Waals surface area contributed by atoms with Crippen LogP contribution >= 0.6 is 12.4 Å². The van der Waals surface area contributed by atoms with Gasteiger partial charge in [-0.25, -0.2) is 13.2 Å². The highest BCUT2D eigenvalue weighted by Crippen LogP contribution is 2.25. The van der Waals surface area contributed by atoms with Gasteiger partial charge in [0.05, 0.1) is 6.26 Å². The number of unbranched alkanes of at least 4 members (excludes halogenated alkanes) is 1. The van der Waals surface area contributed by atoms with E-state index in [-0.39, 0.29) is 18.4 Å². The molecule has 8 nitrogen and oxygen atoms in total. The minimum atomic E-state index is -3.30. The minimum Gasteiger partial charge on any atom is -0.457 e. The van der Waals surface area contributed by atoms with Crippen LogP contribution in [0.15, 0.2) is 48.5 Å². The molecule has 0 spiro atoms. The molecule has 2 aliphatic rings. The second-order valence-electron chi connectivity index (χ2n) is 10.3. The number of amides is 2. The van der Waals surface area contributed by atoms with Gasteiger partial charge in [-0.1, -0.05) is 25.5 Å². The number of nitrogens with zero attached hydrogens (tertiary/aromatic N) is 2. The van der Waals surface area contributed by atoms with Crippen LogP contribution in [0.25, 0.3) is 0 Å².